The number of ether oxygens (including phenoxy) is 2. The molecule has 0 aromatic heterocycles. The van der Waals surface area contributed by atoms with E-state index in [2.05, 4.69) is 23.1 Å². The average molecular weight is 463 g/mol. The Bertz CT molecular complexity index is 1010. The first-order valence-corrected chi connectivity index (χ1v) is 12.7. The number of piperidine rings is 1. The topological polar surface area (TPSA) is 42.0 Å². The Morgan fingerprint density at radius 3 is 2.56 bits per heavy atom. The molecule has 1 saturated heterocycles. The fourth-order valence-corrected chi connectivity index (χ4v) is 6.59. The molecule has 182 valence electrons. The molecule has 2 aromatic carbocycles. The number of hydrogen-bond donors (Lipinski definition) is 0. The van der Waals surface area contributed by atoms with Crippen LogP contribution in [0, 0.1) is 5.92 Å². The molecule has 2 aliphatic carbocycles. The predicted molar refractivity (Wildman–Crippen MR) is 134 cm³/mol. The van der Waals surface area contributed by atoms with Crippen LogP contribution in [-0.2, 0) is 10.2 Å². The highest BCUT2D eigenvalue weighted by molar-refractivity contribution is 5.94. The monoisotopic (exact) mass is 462 g/mol. The molecule has 2 saturated carbocycles. The van der Waals surface area contributed by atoms with Gasteiger partial charge >= 0.3 is 0 Å². The first-order valence-electron chi connectivity index (χ1n) is 12.7. The first kappa shape index (κ1) is 23.4. The minimum atomic E-state index is -0.264. The molecule has 3 fully saturated rings. The molecule has 0 N–H and O–H groups in total. The van der Waals surface area contributed by atoms with Crippen LogP contribution in [0.1, 0.15) is 54.4 Å². The molecule has 1 heterocycles. The lowest BCUT2D eigenvalue weighted by Gasteiger charge is -2.60. The van der Waals surface area contributed by atoms with Crippen LogP contribution in [0.5, 0.6) is 5.75 Å². The van der Waals surface area contributed by atoms with Gasteiger partial charge in [0.15, 0.2) is 0 Å². The van der Waals surface area contributed by atoms with E-state index >= 15 is 0 Å². The molecule has 1 amide bonds. The largest absolute Gasteiger partial charge is 0.497 e. The highest BCUT2D eigenvalue weighted by atomic mass is 16.5. The molecule has 5 heteroatoms. The lowest BCUT2D eigenvalue weighted by Crippen LogP contribution is -2.68. The fourth-order valence-electron chi connectivity index (χ4n) is 6.59. The van der Waals surface area contributed by atoms with Crippen molar-refractivity contribution in [3.05, 3.63) is 65.7 Å². The van der Waals surface area contributed by atoms with Crippen LogP contribution in [0.25, 0.3) is 0 Å². The number of carbonyl (C=O) groups excluding carboxylic acids is 1. The van der Waals surface area contributed by atoms with Crippen molar-refractivity contribution in [3.63, 3.8) is 0 Å². The number of rotatable bonds is 7. The zero-order valence-corrected chi connectivity index (χ0v) is 20.8. The molecule has 3 aliphatic rings. The number of amides is 1. The van der Waals surface area contributed by atoms with Gasteiger partial charge in [-0.15, -0.1) is 0 Å². The van der Waals surface area contributed by atoms with Crippen molar-refractivity contribution >= 4 is 5.91 Å². The van der Waals surface area contributed by atoms with Crippen LogP contribution < -0.4 is 4.74 Å². The Balaban J connectivity index is 1.49. The molecular formula is C29H38N2O3. The third kappa shape index (κ3) is 4.14. The summed E-state index contributed by atoms with van der Waals surface area (Å²) in [7, 11) is 5.60. The average Bonchev–Trinajstić information content (AvgIpc) is 3.72. The molecule has 0 spiro atoms. The van der Waals surface area contributed by atoms with Crippen molar-refractivity contribution in [3.8, 4) is 5.75 Å². The highest BCUT2D eigenvalue weighted by Crippen LogP contribution is 2.54. The summed E-state index contributed by atoms with van der Waals surface area (Å²) in [6, 6.07) is 18.4. The van der Waals surface area contributed by atoms with Gasteiger partial charge in [0.1, 0.15) is 5.75 Å². The van der Waals surface area contributed by atoms with Gasteiger partial charge in [-0.25, -0.2) is 0 Å². The molecule has 2 aromatic rings. The minimum Gasteiger partial charge on any atom is -0.497 e. The molecular weight excluding hydrogens is 424 g/mol. The molecule has 0 bridgehead atoms. The highest BCUT2D eigenvalue weighted by Gasteiger charge is 2.59. The van der Waals surface area contributed by atoms with E-state index in [9.17, 15) is 4.79 Å². The summed E-state index contributed by atoms with van der Waals surface area (Å²) in [5.74, 6) is 1.85. The molecule has 0 unspecified atom stereocenters. The van der Waals surface area contributed by atoms with Crippen LogP contribution in [0.4, 0.5) is 0 Å². The van der Waals surface area contributed by atoms with Crippen molar-refractivity contribution < 1.29 is 14.3 Å². The van der Waals surface area contributed by atoms with Gasteiger partial charge in [-0.2, -0.15) is 0 Å². The van der Waals surface area contributed by atoms with Crippen molar-refractivity contribution in [2.24, 2.45) is 5.92 Å². The predicted octanol–water partition coefficient (Wildman–Crippen LogP) is 4.76. The Kier molecular flexibility index (Phi) is 6.43. The van der Waals surface area contributed by atoms with Crippen molar-refractivity contribution in [2.75, 3.05) is 40.9 Å². The number of carbonyl (C=O) groups is 1. The molecule has 5 nitrogen and oxygen atoms in total. The third-order valence-corrected chi connectivity index (χ3v) is 8.79. The second kappa shape index (κ2) is 9.35. The SMILES string of the molecule is COc1cccc([C@@]23CCN(CC4CC4)C[C@@]2(OC)CC[C@H](N(C)C(=O)c2ccccc2)C3)c1. The summed E-state index contributed by atoms with van der Waals surface area (Å²) in [5.41, 5.74) is 1.61. The van der Waals surface area contributed by atoms with Gasteiger partial charge < -0.3 is 19.3 Å². The van der Waals surface area contributed by atoms with Gasteiger partial charge in [-0.3, -0.25) is 4.79 Å². The van der Waals surface area contributed by atoms with E-state index in [-0.39, 0.29) is 23.0 Å². The lowest BCUT2D eigenvalue weighted by atomic mass is 9.55. The Labute approximate surface area is 204 Å². The summed E-state index contributed by atoms with van der Waals surface area (Å²) in [6.45, 7) is 3.22. The number of fused-ring (bicyclic) bond motifs is 1. The summed E-state index contributed by atoms with van der Waals surface area (Å²) in [6.07, 6.45) is 6.56. The Hall–Kier alpha value is -2.37. The van der Waals surface area contributed by atoms with E-state index in [4.69, 9.17) is 9.47 Å². The lowest BCUT2D eigenvalue weighted by molar-refractivity contribution is -0.153. The van der Waals surface area contributed by atoms with E-state index in [0.717, 1.165) is 56.0 Å². The second-order valence-electron chi connectivity index (χ2n) is 10.6. The van der Waals surface area contributed by atoms with Crippen LogP contribution in [0.2, 0.25) is 0 Å². The van der Waals surface area contributed by atoms with Gasteiger partial charge in [0, 0.05) is 44.3 Å². The van der Waals surface area contributed by atoms with Crippen molar-refractivity contribution in [1.29, 1.82) is 0 Å². The third-order valence-electron chi connectivity index (χ3n) is 8.79. The van der Waals surface area contributed by atoms with Gasteiger partial charge in [0.05, 0.1) is 12.7 Å². The molecule has 0 radical (unpaired) electrons. The Morgan fingerprint density at radius 1 is 1.06 bits per heavy atom. The van der Waals surface area contributed by atoms with E-state index in [1.807, 2.05) is 55.5 Å². The number of benzene rings is 2. The van der Waals surface area contributed by atoms with E-state index in [0.29, 0.717) is 0 Å². The maximum absolute atomic E-state index is 13.3. The normalized spacial score (nSPS) is 29.3. The van der Waals surface area contributed by atoms with Crippen molar-refractivity contribution in [1.82, 2.24) is 9.80 Å². The van der Waals surface area contributed by atoms with Crippen LogP contribution in [0.15, 0.2) is 54.6 Å². The van der Waals surface area contributed by atoms with Crippen LogP contribution in [0.3, 0.4) is 0 Å². The Morgan fingerprint density at radius 2 is 1.85 bits per heavy atom. The molecule has 34 heavy (non-hydrogen) atoms. The standard InChI is InChI=1S/C29H38N2O3/c1-30(27(32)23-8-5-4-6-9-23)25-14-15-29(34-3)21-31(20-22-12-13-22)17-16-28(29,19-25)24-10-7-11-26(18-24)33-2/h4-11,18,22,25H,12-17,19-21H2,1-3H3/t25-,28-,29-/m0/s1. The summed E-state index contributed by atoms with van der Waals surface area (Å²) < 4.78 is 12.2. The number of likely N-dealkylation sites (tertiary alicyclic amines) is 1. The summed E-state index contributed by atoms with van der Waals surface area (Å²) in [5, 5.41) is 0. The maximum atomic E-state index is 13.3. The minimum absolute atomic E-state index is 0.0995. The number of hydrogen-bond acceptors (Lipinski definition) is 4. The fraction of sp³-hybridized carbons (Fsp3) is 0.552. The second-order valence-corrected chi connectivity index (χ2v) is 10.6. The van der Waals surface area contributed by atoms with E-state index < -0.39 is 0 Å². The van der Waals surface area contributed by atoms with E-state index in [1.165, 1.54) is 24.9 Å². The molecule has 1 aliphatic heterocycles. The van der Waals surface area contributed by atoms with Gasteiger partial charge in [-0.05, 0) is 80.8 Å². The summed E-state index contributed by atoms with van der Waals surface area (Å²) >= 11 is 0. The quantitative estimate of drug-likeness (QED) is 0.595. The zero-order valence-electron chi connectivity index (χ0n) is 20.8. The van der Waals surface area contributed by atoms with Crippen LogP contribution in [-0.4, -0.2) is 68.3 Å². The summed E-state index contributed by atoms with van der Waals surface area (Å²) in [4.78, 5) is 18.0. The molecule has 3 atom stereocenters. The van der Waals surface area contributed by atoms with E-state index in [1.54, 1.807) is 7.11 Å². The van der Waals surface area contributed by atoms with Gasteiger partial charge in [-0.1, -0.05) is 30.3 Å². The number of nitrogens with zero attached hydrogens (tertiary/aromatic N) is 2. The van der Waals surface area contributed by atoms with Crippen LogP contribution >= 0.6 is 0 Å². The maximum Gasteiger partial charge on any atom is 0.253 e. The first-order chi connectivity index (χ1) is 16.5. The molecule has 5 rings (SSSR count). The zero-order chi connectivity index (χ0) is 23.8. The smallest absolute Gasteiger partial charge is 0.253 e. The van der Waals surface area contributed by atoms with Crippen molar-refractivity contribution in [2.45, 2.75) is 55.6 Å². The number of methoxy groups -OCH3 is 2. The van der Waals surface area contributed by atoms with Gasteiger partial charge in [0.2, 0.25) is 0 Å². The van der Waals surface area contributed by atoms with Gasteiger partial charge in [0.25, 0.3) is 5.91 Å².